The van der Waals surface area contributed by atoms with Gasteiger partial charge in [0.1, 0.15) is 24.0 Å². The number of carbonyl (C=O) groups is 1. The third kappa shape index (κ3) is 6.42. The molecule has 0 saturated carbocycles. The van der Waals surface area contributed by atoms with Crippen molar-refractivity contribution in [1.29, 1.82) is 0 Å². The zero-order valence-electron chi connectivity index (χ0n) is 20.4. The van der Waals surface area contributed by atoms with Crippen LogP contribution in [0, 0.1) is 0 Å². The van der Waals surface area contributed by atoms with E-state index < -0.39 is 0 Å². The minimum Gasteiger partial charge on any atom is -0.488 e. The highest BCUT2D eigenvalue weighted by molar-refractivity contribution is 5.94. The number of hydrogen-bond donors (Lipinski definition) is 0. The molecule has 2 aliphatic heterocycles. The second-order valence-electron chi connectivity index (χ2n) is 9.32. The van der Waals surface area contributed by atoms with Crippen molar-refractivity contribution in [2.24, 2.45) is 0 Å². The van der Waals surface area contributed by atoms with Crippen LogP contribution in [0.25, 0.3) is 0 Å². The Hall–Kier alpha value is -3.41. The first-order valence-electron chi connectivity index (χ1n) is 12.7. The normalized spacial score (nSPS) is 21.3. The Morgan fingerprint density at radius 1 is 0.861 bits per heavy atom. The first-order chi connectivity index (χ1) is 17.7. The number of benzene rings is 3. The summed E-state index contributed by atoms with van der Waals surface area (Å²) in [6.07, 6.45) is 6.59. The van der Waals surface area contributed by atoms with Crippen LogP contribution in [0.5, 0.6) is 5.75 Å². The Morgan fingerprint density at radius 3 is 2.39 bits per heavy atom. The van der Waals surface area contributed by atoms with Gasteiger partial charge >= 0.3 is 5.97 Å². The Kier molecular flexibility index (Phi) is 8.11. The molecule has 5 nitrogen and oxygen atoms in total. The van der Waals surface area contributed by atoms with Gasteiger partial charge in [0.2, 0.25) is 0 Å². The third-order valence-electron chi connectivity index (χ3n) is 6.59. The molecule has 5 rings (SSSR count). The Bertz CT molecular complexity index is 1160. The molecule has 186 valence electrons. The Labute approximate surface area is 212 Å². The van der Waals surface area contributed by atoms with Crippen LogP contribution in [0.3, 0.4) is 0 Å². The highest BCUT2D eigenvalue weighted by Gasteiger charge is 2.30. The van der Waals surface area contributed by atoms with Gasteiger partial charge in [0.05, 0.1) is 25.4 Å². The minimum atomic E-state index is -0.342. The van der Waals surface area contributed by atoms with Crippen LogP contribution in [0.1, 0.15) is 46.3 Å². The van der Waals surface area contributed by atoms with E-state index in [4.69, 9.17) is 18.9 Å². The van der Waals surface area contributed by atoms with E-state index in [-0.39, 0.29) is 24.3 Å². The standard InChI is InChI=1S/C31H32O5/c32-31-30-25(13-7-16-29(30)34-22-24-11-5-2-6-12-24)19-26-14-8-15-27(35-26)20-28(36-31)17-18-33-21-23-9-3-1-4-10-23/h1-14,16,26-28H,15,17-22H2/t26-,27-,28-/m0/s1. The summed E-state index contributed by atoms with van der Waals surface area (Å²) >= 11 is 0. The number of hydrogen-bond acceptors (Lipinski definition) is 5. The molecule has 3 atom stereocenters. The summed E-state index contributed by atoms with van der Waals surface area (Å²) in [7, 11) is 0. The molecule has 3 aromatic carbocycles. The highest BCUT2D eigenvalue weighted by atomic mass is 16.6. The van der Waals surface area contributed by atoms with Crippen molar-refractivity contribution < 1.29 is 23.7 Å². The third-order valence-corrected chi connectivity index (χ3v) is 6.59. The molecule has 0 aliphatic carbocycles. The van der Waals surface area contributed by atoms with Crippen LogP contribution < -0.4 is 4.74 Å². The van der Waals surface area contributed by atoms with Crippen molar-refractivity contribution in [2.45, 2.75) is 57.2 Å². The molecule has 0 aromatic heterocycles. The molecule has 0 radical (unpaired) electrons. The van der Waals surface area contributed by atoms with Crippen LogP contribution in [-0.2, 0) is 33.8 Å². The van der Waals surface area contributed by atoms with Gasteiger partial charge in [-0.05, 0) is 29.2 Å². The lowest BCUT2D eigenvalue weighted by molar-refractivity contribution is -0.0401. The molecular weight excluding hydrogens is 452 g/mol. The molecule has 0 fully saturated rings. The quantitative estimate of drug-likeness (QED) is 0.221. The lowest BCUT2D eigenvalue weighted by Crippen LogP contribution is -2.33. The van der Waals surface area contributed by atoms with Gasteiger partial charge in [-0.1, -0.05) is 84.9 Å². The zero-order valence-corrected chi connectivity index (χ0v) is 20.4. The van der Waals surface area contributed by atoms with Gasteiger partial charge in [-0.15, -0.1) is 0 Å². The fourth-order valence-corrected chi connectivity index (χ4v) is 4.76. The Morgan fingerprint density at radius 2 is 1.61 bits per heavy atom. The number of esters is 1. The topological polar surface area (TPSA) is 54.0 Å². The largest absolute Gasteiger partial charge is 0.488 e. The van der Waals surface area contributed by atoms with E-state index >= 15 is 0 Å². The van der Waals surface area contributed by atoms with E-state index in [0.717, 1.165) is 23.1 Å². The Balaban J connectivity index is 1.32. The molecule has 36 heavy (non-hydrogen) atoms. The summed E-state index contributed by atoms with van der Waals surface area (Å²) in [5, 5.41) is 0. The van der Waals surface area contributed by atoms with Gasteiger partial charge in [-0.25, -0.2) is 4.79 Å². The van der Waals surface area contributed by atoms with Crippen molar-refractivity contribution in [2.75, 3.05) is 6.61 Å². The van der Waals surface area contributed by atoms with Crippen LogP contribution in [0.15, 0.2) is 91.0 Å². The van der Waals surface area contributed by atoms with Gasteiger partial charge in [-0.2, -0.15) is 0 Å². The molecule has 2 bridgehead atoms. The molecular formula is C31H32O5. The summed E-state index contributed by atoms with van der Waals surface area (Å²) in [5.41, 5.74) is 3.53. The molecule has 5 heteroatoms. The summed E-state index contributed by atoms with van der Waals surface area (Å²) in [6, 6.07) is 25.7. The summed E-state index contributed by atoms with van der Waals surface area (Å²) < 4.78 is 24.5. The average molecular weight is 485 g/mol. The maximum atomic E-state index is 13.5. The molecule has 0 N–H and O–H groups in total. The van der Waals surface area contributed by atoms with Crippen LogP contribution in [-0.4, -0.2) is 30.9 Å². The van der Waals surface area contributed by atoms with Crippen LogP contribution in [0.4, 0.5) is 0 Å². The van der Waals surface area contributed by atoms with Crippen molar-refractivity contribution in [3.8, 4) is 5.75 Å². The zero-order chi connectivity index (χ0) is 24.6. The molecule has 0 unspecified atom stereocenters. The van der Waals surface area contributed by atoms with Gasteiger partial charge in [-0.3, -0.25) is 0 Å². The maximum Gasteiger partial charge on any atom is 0.342 e. The van der Waals surface area contributed by atoms with Gasteiger partial charge in [0.15, 0.2) is 0 Å². The first kappa shape index (κ1) is 24.3. The molecule has 0 saturated heterocycles. The van der Waals surface area contributed by atoms with Crippen molar-refractivity contribution in [3.63, 3.8) is 0 Å². The number of carbonyl (C=O) groups excluding carboxylic acids is 1. The summed E-state index contributed by atoms with van der Waals surface area (Å²) in [6.45, 7) is 1.41. The SMILES string of the molecule is O=C1O[C@@H](CCOCc2ccccc2)C[C@@H]2CC=C[C@@H](Cc3cccc(OCc4ccccc4)c31)O2. The minimum absolute atomic E-state index is 0.0194. The van der Waals surface area contributed by atoms with E-state index in [1.807, 2.05) is 78.9 Å². The predicted octanol–water partition coefficient (Wildman–Crippen LogP) is 6.06. The first-order valence-corrected chi connectivity index (χ1v) is 12.7. The average Bonchev–Trinajstić information content (AvgIpc) is 2.91. The molecule has 0 spiro atoms. The summed E-state index contributed by atoms with van der Waals surface area (Å²) in [4.78, 5) is 13.5. The monoisotopic (exact) mass is 484 g/mol. The number of fused-ring (bicyclic) bond motifs is 3. The second-order valence-corrected chi connectivity index (χ2v) is 9.32. The van der Waals surface area contributed by atoms with Crippen molar-refractivity contribution in [1.82, 2.24) is 0 Å². The predicted molar refractivity (Wildman–Crippen MR) is 138 cm³/mol. The maximum absolute atomic E-state index is 13.5. The molecule has 2 aliphatic rings. The number of ether oxygens (including phenoxy) is 4. The van der Waals surface area contributed by atoms with E-state index in [2.05, 4.69) is 12.2 Å². The van der Waals surface area contributed by atoms with E-state index in [9.17, 15) is 4.79 Å². The van der Waals surface area contributed by atoms with Crippen LogP contribution >= 0.6 is 0 Å². The molecule has 2 heterocycles. The van der Waals surface area contributed by atoms with E-state index in [1.54, 1.807) is 0 Å². The fourth-order valence-electron chi connectivity index (χ4n) is 4.76. The van der Waals surface area contributed by atoms with Crippen molar-refractivity contribution >= 4 is 5.97 Å². The number of cyclic esters (lactones) is 1. The second kappa shape index (κ2) is 12.0. The lowest BCUT2D eigenvalue weighted by Gasteiger charge is -2.31. The highest BCUT2D eigenvalue weighted by Crippen LogP contribution is 2.31. The number of rotatable bonds is 8. The van der Waals surface area contributed by atoms with Gasteiger partial charge in [0.25, 0.3) is 0 Å². The molecule has 3 aromatic rings. The van der Waals surface area contributed by atoms with E-state index in [0.29, 0.717) is 50.4 Å². The van der Waals surface area contributed by atoms with Crippen molar-refractivity contribution in [3.05, 3.63) is 113 Å². The molecule has 0 amide bonds. The fraction of sp³-hybridized carbons (Fsp3) is 0.323. The van der Waals surface area contributed by atoms with Gasteiger partial charge < -0.3 is 18.9 Å². The summed E-state index contributed by atoms with van der Waals surface area (Å²) in [5.74, 6) is 0.197. The smallest absolute Gasteiger partial charge is 0.342 e. The van der Waals surface area contributed by atoms with Crippen LogP contribution in [0.2, 0.25) is 0 Å². The van der Waals surface area contributed by atoms with Gasteiger partial charge in [0, 0.05) is 19.3 Å². The van der Waals surface area contributed by atoms with E-state index in [1.165, 1.54) is 0 Å². The lowest BCUT2D eigenvalue weighted by atomic mass is 9.96.